The van der Waals surface area contributed by atoms with E-state index >= 15 is 0 Å². The second kappa shape index (κ2) is 30.3. The van der Waals surface area contributed by atoms with Crippen LogP contribution in [0.15, 0.2) is 36.5 Å². The molecule has 0 aromatic carbocycles. The molecule has 0 radical (unpaired) electrons. The Morgan fingerprint density at radius 3 is 1.67 bits per heavy atom. The van der Waals surface area contributed by atoms with Gasteiger partial charge in [0.1, 0.15) is 6.61 Å². The summed E-state index contributed by atoms with van der Waals surface area (Å²) in [5.74, 6) is -0.908. The molecular weight excluding hydrogens is 567 g/mol. The van der Waals surface area contributed by atoms with Crippen LogP contribution in [0.5, 0.6) is 0 Å². The van der Waals surface area contributed by atoms with Crippen LogP contribution in [0, 0.1) is 0 Å². The molecule has 2 N–H and O–H groups in total. The summed E-state index contributed by atoms with van der Waals surface area (Å²) >= 11 is 0. The van der Waals surface area contributed by atoms with Gasteiger partial charge in [-0.25, -0.2) is 4.57 Å². The van der Waals surface area contributed by atoms with E-state index in [1.807, 2.05) is 0 Å². The van der Waals surface area contributed by atoms with Crippen molar-refractivity contribution in [3.63, 3.8) is 0 Å². The number of esters is 2. The molecule has 0 aromatic heterocycles. The fourth-order valence-corrected chi connectivity index (χ4v) is 4.80. The van der Waals surface area contributed by atoms with Crippen LogP contribution >= 0.6 is 7.82 Å². The summed E-state index contributed by atoms with van der Waals surface area (Å²) in [5, 5.41) is 0. The van der Waals surface area contributed by atoms with Crippen molar-refractivity contribution in [3.05, 3.63) is 36.5 Å². The lowest BCUT2D eigenvalue weighted by atomic mass is 10.1. The number of rotatable bonds is 30. The minimum atomic E-state index is -4.75. The zero-order valence-electron chi connectivity index (χ0n) is 27.1. The van der Waals surface area contributed by atoms with E-state index in [9.17, 15) is 14.2 Å². The van der Waals surface area contributed by atoms with Crippen molar-refractivity contribution in [1.29, 1.82) is 0 Å². The first kappa shape index (κ1) is 41.3. The summed E-state index contributed by atoms with van der Waals surface area (Å²) in [7, 11) is -4.75. The number of unbranched alkanes of at least 4 members (excludes halogenated alkanes) is 14. The molecule has 0 aliphatic rings. The molecule has 43 heavy (non-hydrogen) atoms. The molecular formula is C34H61O8P. The van der Waals surface area contributed by atoms with Crippen LogP contribution in [0.1, 0.15) is 149 Å². The molecule has 0 bridgehead atoms. The van der Waals surface area contributed by atoms with Gasteiger partial charge in [-0.05, 0) is 44.9 Å². The molecule has 0 fully saturated rings. The number of allylic oxidation sites excluding steroid dienone is 6. The number of hydrogen-bond acceptors (Lipinski definition) is 6. The molecule has 9 heteroatoms. The van der Waals surface area contributed by atoms with E-state index in [1.165, 1.54) is 44.9 Å². The van der Waals surface area contributed by atoms with Crippen molar-refractivity contribution in [2.75, 3.05) is 13.2 Å². The lowest BCUT2D eigenvalue weighted by Gasteiger charge is -2.18. The van der Waals surface area contributed by atoms with Crippen molar-refractivity contribution in [3.8, 4) is 0 Å². The molecule has 0 unspecified atom stereocenters. The standard InChI is InChI=1S/C34H61O8P/c1-3-5-7-9-11-13-15-16-17-18-19-21-23-25-27-29-34(36)42-32(31-41-43(37,38)39)30-40-33(35)28-26-24-22-20-14-12-10-8-6-4-2/h5,7,11,13,16-17,32H,3-4,6,8-10,12,14-15,18-31H2,1-2H3,(H2,37,38,39)/b7-5-,13-11-,17-16-/t32-/m1/s1. The van der Waals surface area contributed by atoms with E-state index in [0.717, 1.165) is 70.6 Å². The van der Waals surface area contributed by atoms with Crippen molar-refractivity contribution in [2.24, 2.45) is 0 Å². The van der Waals surface area contributed by atoms with E-state index in [0.29, 0.717) is 6.42 Å². The van der Waals surface area contributed by atoms with Gasteiger partial charge in [0.05, 0.1) is 6.61 Å². The van der Waals surface area contributed by atoms with Gasteiger partial charge in [-0.2, -0.15) is 0 Å². The first-order valence-electron chi connectivity index (χ1n) is 16.8. The monoisotopic (exact) mass is 628 g/mol. The molecule has 0 saturated carbocycles. The minimum absolute atomic E-state index is 0.193. The molecule has 250 valence electrons. The van der Waals surface area contributed by atoms with Crippen molar-refractivity contribution in [2.45, 2.75) is 155 Å². The molecule has 0 aliphatic heterocycles. The zero-order chi connectivity index (χ0) is 31.9. The summed E-state index contributed by atoms with van der Waals surface area (Å²) in [4.78, 5) is 42.5. The lowest BCUT2D eigenvalue weighted by molar-refractivity contribution is -0.161. The molecule has 0 rings (SSSR count). The molecule has 0 amide bonds. The van der Waals surface area contributed by atoms with Gasteiger partial charge in [-0.15, -0.1) is 0 Å². The average molecular weight is 629 g/mol. The van der Waals surface area contributed by atoms with E-state index in [-0.39, 0.29) is 19.4 Å². The number of phosphoric acid groups is 1. The van der Waals surface area contributed by atoms with Gasteiger partial charge >= 0.3 is 19.8 Å². The van der Waals surface area contributed by atoms with Gasteiger partial charge in [0.25, 0.3) is 0 Å². The third kappa shape index (κ3) is 33.0. The maximum absolute atomic E-state index is 12.3. The number of carbonyl (C=O) groups is 2. The van der Waals surface area contributed by atoms with Gasteiger partial charge in [0.2, 0.25) is 0 Å². The van der Waals surface area contributed by atoms with E-state index < -0.39 is 32.5 Å². The van der Waals surface area contributed by atoms with Gasteiger partial charge in [0.15, 0.2) is 6.10 Å². The predicted octanol–water partition coefficient (Wildman–Crippen LogP) is 9.45. The van der Waals surface area contributed by atoms with Crippen molar-refractivity contribution >= 4 is 19.8 Å². The Kier molecular flexibility index (Phi) is 29.1. The Balaban J connectivity index is 4.05. The molecule has 0 heterocycles. The minimum Gasteiger partial charge on any atom is -0.462 e. The molecule has 1 atom stereocenters. The van der Waals surface area contributed by atoms with Crippen molar-refractivity contribution < 1.29 is 37.9 Å². The Bertz CT molecular complexity index is 802. The maximum atomic E-state index is 12.3. The maximum Gasteiger partial charge on any atom is 0.469 e. The van der Waals surface area contributed by atoms with E-state index in [4.69, 9.17) is 19.3 Å². The average Bonchev–Trinajstić information content (AvgIpc) is 2.97. The van der Waals surface area contributed by atoms with Crippen LogP contribution in [0.25, 0.3) is 0 Å². The molecule has 0 aliphatic carbocycles. The highest BCUT2D eigenvalue weighted by atomic mass is 31.2. The Morgan fingerprint density at radius 1 is 0.628 bits per heavy atom. The topological polar surface area (TPSA) is 119 Å². The summed E-state index contributed by atoms with van der Waals surface area (Å²) in [6.07, 6.45) is 33.0. The third-order valence-electron chi connectivity index (χ3n) is 6.92. The van der Waals surface area contributed by atoms with Crippen LogP contribution in [0.4, 0.5) is 0 Å². The molecule has 0 saturated heterocycles. The first-order valence-corrected chi connectivity index (χ1v) is 18.3. The van der Waals surface area contributed by atoms with Gasteiger partial charge in [0, 0.05) is 12.8 Å². The second-order valence-electron chi connectivity index (χ2n) is 11.1. The van der Waals surface area contributed by atoms with Crippen molar-refractivity contribution in [1.82, 2.24) is 0 Å². The molecule has 8 nitrogen and oxygen atoms in total. The Hall–Kier alpha value is -1.73. The fraction of sp³-hybridized carbons (Fsp3) is 0.765. The molecule has 0 aromatic rings. The predicted molar refractivity (Wildman–Crippen MR) is 175 cm³/mol. The summed E-state index contributed by atoms with van der Waals surface area (Å²) in [6, 6.07) is 0. The fourth-order valence-electron chi connectivity index (χ4n) is 4.44. The number of carbonyl (C=O) groups excluding carboxylic acids is 2. The zero-order valence-corrected chi connectivity index (χ0v) is 28.0. The number of hydrogen-bond donors (Lipinski definition) is 2. The quantitative estimate of drug-likeness (QED) is 0.0349. The third-order valence-corrected chi connectivity index (χ3v) is 7.41. The van der Waals surface area contributed by atoms with E-state index in [1.54, 1.807) is 0 Å². The second-order valence-corrected chi connectivity index (χ2v) is 12.4. The summed E-state index contributed by atoms with van der Waals surface area (Å²) in [5.41, 5.74) is 0. The highest BCUT2D eigenvalue weighted by molar-refractivity contribution is 7.46. The number of phosphoric ester groups is 1. The summed E-state index contributed by atoms with van der Waals surface area (Å²) in [6.45, 7) is 3.52. The summed E-state index contributed by atoms with van der Waals surface area (Å²) < 4.78 is 26.2. The van der Waals surface area contributed by atoms with Gasteiger partial charge in [-0.3, -0.25) is 14.1 Å². The first-order chi connectivity index (χ1) is 20.8. The van der Waals surface area contributed by atoms with Crippen LogP contribution < -0.4 is 0 Å². The highest BCUT2D eigenvalue weighted by Gasteiger charge is 2.22. The SMILES string of the molecule is CC/C=C\C/C=C\C/C=C\CCCCCCCC(=O)O[C@H](COC(=O)CCCCCCCCCCCC)COP(=O)(O)O. The Morgan fingerprint density at radius 2 is 1.12 bits per heavy atom. The van der Waals surface area contributed by atoms with Crippen LogP contribution in [0.3, 0.4) is 0 Å². The van der Waals surface area contributed by atoms with E-state index in [2.05, 4.69) is 54.8 Å². The van der Waals surface area contributed by atoms with Crippen LogP contribution in [-0.4, -0.2) is 41.0 Å². The number of ether oxygens (including phenoxy) is 2. The van der Waals surface area contributed by atoms with Gasteiger partial charge in [-0.1, -0.05) is 127 Å². The van der Waals surface area contributed by atoms with Gasteiger partial charge < -0.3 is 19.3 Å². The normalized spacial score (nSPS) is 12.9. The van der Waals surface area contributed by atoms with Crippen LogP contribution in [0.2, 0.25) is 0 Å². The van der Waals surface area contributed by atoms with Crippen LogP contribution in [-0.2, 0) is 28.2 Å². The Labute approximate surface area is 262 Å². The smallest absolute Gasteiger partial charge is 0.462 e. The largest absolute Gasteiger partial charge is 0.469 e. The lowest BCUT2D eigenvalue weighted by Crippen LogP contribution is -2.29. The highest BCUT2D eigenvalue weighted by Crippen LogP contribution is 2.35. The molecule has 0 spiro atoms.